The summed E-state index contributed by atoms with van der Waals surface area (Å²) in [4.78, 5) is 18.2. The Balaban J connectivity index is 1.54. The third-order valence-electron chi connectivity index (χ3n) is 4.92. The Kier molecular flexibility index (Phi) is 3.78. The van der Waals surface area contributed by atoms with Crippen LogP contribution in [0.3, 0.4) is 0 Å². The molecular weight excluding hydrogens is 254 g/mol. The van der Waals surface area contributed by atoms with Gasteiger partial charge in [0.2, 0.25) is 5.91 Å². The molecule has 1 aliphatic carbocycles. The molecule has 0 aromatic carbocycles. The summed E-state index contributed by atoms with van der Waals surface area (Å²) in [5, 5.41) is 10.6. The Bertz CT molecular complexity index is 460. The first-order chi connectivity index (χ1) is 9.67. The normalized spacial score (nSPS) is 30.1. The zero-order valence-electron chi connectivity index (χ0n) is 11.9. The Morgan fingerprint density at radius 2 is 2.30 bits per heavy atom. The molecule has 1 saturated heterocycles. The summed E-state index contributed by atoms with van der Waals surface area (Å²) < 4.78 is 1.93. The lowest BCUT2D eigenvalue weighted by Gasteiger charge is -2.47. The minimum Gasteiger partial charge on any atom is -0.389 e. The molecule has 1 N–H and O–H groups in total. The lowest BCUT2D eigenvalue weighted by molar-refractivity contribution is -0.143. The van der Waals surface area contributed by atoms with Gasteiger partial charge in [-0.15, -0.1) is 0 Å². The topological polar surface area (TPSA) is 58.4 Å². The van der Waals surface area contributed by atoms with Gasteiger partial charge in [-0.05, 0) is 19.3 Å². The number of aliphatic hydroxyl groups is 1. The molecule has 2 aliphatic rings. The fraction of sp³-hybridized carbons (Fsp3) is 0.733. The predicted molar refractivity (Wildman–Crippen MR) is 74.9 cm³/mol. The summed E-state index contributed by atoms with van der Waals surface area (Å²) in [6, 6.07) is 0. The van der Waals surface area contributed by atoms with Crippen LogP contribution < -0.4 is 0 Å². The third-order valence-corrected chi connectivity index (χ3v) is 4.92. The molecule has 1 saturated carbocycles. The molecule has 2 unspecified atom stereocenters. The van der Waals surface area contributed by atoms with Crippen molar-refractivity contribution in [2.45, 2.75) is 50.7 Å². The van der Waals surface area contributed by atoms with Gasteiger partial charge in [-0.3, -0.25) is 4.79 Å². The van der Waals surface area contributed by atoms with Crippen molar-refractivity contribution in [1.82, 2.24) is 14.5 Å². The number of imidazole rings is 1. The number of carbonyl (C=O) groups is 1. The van der Waals surface area contributed by atoms with Crippen LogP contribution in [0.2, 0.25) is 0 Å². The lowest BCUT2D eigenvalue weighted by atomic mass is 9.71. The maximum absolute atomic E-state index is 12.3. The van der Waals surface area contributed by atoms with E-state index in [0.717, 1.165) is 32.2 Å². The minimum atomic E-state index is -0.501. The Morgan fingerprint density at radius 1 is 1.40 bits per heavy atom. The van der Waals surface area contributed by atoms with Crippen LogP contribution in [-0.4, -0.2) is 44.2 Å². The van der Waals surface area contributed by atoms with Crippen LogP contribution in [0.25, 0.3) is 0 Å². The van der Waals surface area contributed by atoms with Crippen molar-refractivity contribution in [3.05, 3.63) is 18.7 Å². The standard InChI is InChI=1S/C15H23N3O2/c19-14(4-8-17-10-7-16-12-17)18-9-6-15(20)5-2-1-3-13(15)11-18/h7,10,12-13,20H,1-6,8-9,11H2. The van der Waals surface area contributed by atoms with Gasteiger partial charge in [-0.2, -0.15) is 0 Å². The van der Waals surface area contributed by atoms with E-state index in [1.807, 2.05) is 15.7 Å². The van der Waals surface area contributed by atoms with Crippen molar-refractivity contribution in [3.63, 3.8) is 0 Å². The number of carbonyl (C=O) groups excluding carboxylic acids is 1. The summed E-state index contributed by atoms with van der Waals surface area (Å²) >= 11 is 0. The molecule has 20 heavy (non-hydrogen) atoms. The number of hydrogen-bond acceptors (Lipinski definition) is 3. The SMILES string of the molecule is O=C(CCn1ccnc1)N1CCC2(O)CCCCC2C1. The van der Waals surface area contributed by atoms with E-state index in [0.29, 0.717) is 19.5 Å². The van der Waals surface area contributed by atoms with E-state index >= 15 is 0 Å². The number of amides is 1. The molecule has 5 nitrogen and oxygen atoms in total. The second kappa shape index (κ2) is 5.56. The molecule has 1 amide bonds. The summed E-state index contributed by atoms with van der Waals surface area (Å²) in [5.41, 5.74) is -0.501. The van der Waals surface area contributed by atoms with Gasteiger partial charge >= 0.3 is 0 Å². The van der Waals surface area contributed by atoms with Gasteiger partial charge in [0.05, 0.1) is 11.9 Å². The highest BCUT2D eigenvalue weighted by Crippen LogP contribution is 2.39. The van der Waals surface area contributed by atoms with Crippen molar-refractivity contribution in [3.8, 4) is 0 Å². The molecule has 1 aliphatic heterocycles. The summed E-state index contributed by atoms with van der Waals surface area (Å²) in [6.07, 6.45) is 10.9. The zero-order chi connectivity index (χ0) is 14.0. The highest BCUT2D eigenvalue weighted by Gasteiger charge is 2.43. The van der Waals surface area contributed by atoms with Gasteiger partial charge in [0, 0.05) is 44.4 Å². The quantitative estimate of drug-likeness (QED) is 0.909. The van der Waals surface area contributed by atoms with Crippen molar-refractivity contribution in [2.24, 2.45) is 5.92 Å². The summed E-state index contributed by atoms with van der Waals surface area (Å²) in [7, 11) is 0. The van der Waals surface area contributed by atoms with Gasteiger partial charge in [-0.1, -0.05) is 12.8 Å². The van der Waals surface area contributed by atoms with E-state index in [4.69, 9.17) is 0 Å². The van der Waals surface area contributed by atoms with Crippen molar-refractivity contribution in [1.29, 1.82) is 0 Å². The monoisotopic (exact) mass is 277 g/mol. The van der Waals surface area contributed by atoms with E-state index in [1.165, 1.54) is 6.42 Å². The predicted octanol–water partition coefficient (Wildman–Crippen LogP) is 1.43. The largest absolute Gasteiger partial charge is 0.389 e. The molecular formula is C15H23N3O2. The highest BCUT2D eigenvalue weighted by molar-refractivity contribution is 5.76. The first kappa shape index (κ1) is 13.6. The Labute approximate surface area is 119 Å². The Morgan fingerprint density at radius 3 is 3.10 bits per heavy atom. The van der Waals surface area contributed by atoms with Crippen LogP contribution in [0.15, 0.2) is 18.7 Å². The van der Waals surface area contributed by atoms with Gasteiger partial charge in [-0.25, -0.2) is 4.98 Å². The van der Waals surface area contributed by atoms with Gasteiger partial charge < -0.3 is 14.6 Å². The first-order valence-corrected chi connectivity index (χ1v) is 7.63. The second-order valence-electron chi connectivity index (χ2n) is 6.19. The molecule has 5 heteroatoms. The Hall–Kier alpha value is -1.36. The second-order valence-corrected chi connectivity index (χ2v) is 6.19. The molecule has 1 aromatic heterocycles. The fourth-order valence-electron chi connectivity index (χ4n) is 3.60. The van der Waals surface area contributed by atoms with Gasteiger partial charge in [0.1, 0.15) is 0 Å². The smallest absolute Gasteiger partial charge is 0.224 e. The van der Waals surface area contributed by atoms with E-state index in [1.54, 1.807) is 12.5 Å². The molecule has 110 valence electrons. The lowest BCUT2D eigenvalue weighted by Crippen LogP contribution is -2.54. The van der Waals surface area contributed by atoms with E-state index in [9.17, 15) is 9.90 Å². The molecule has 0 bridgehead atoms. The van der Waals surface area contributed by atoms with Gasteiger partial charge in [0.25, 0.3) is 0 Å². The van der Waals surface area contributed by atoms with Crippen LogP contribution in [-0.2, 0) is 11.3 Å². The number of aromatic nitrogens is 2. The van der Waals surface area contributed by atoms with Crippen molar-refractivity contribution in [2.75, 3.05) is 13.1 Å². The number of rotatable bonds is 3. The maximum atomic E-state index is 12.3. The molecule has 0 spiro atoms. The number of aryl methyl sites for hydroxylation is 1. The van der Waals surface area contributed by atoms with Crippen molar-refractivity contribution < 1.29 is 9.90 Å². The van der Waals surface area contributed by atoms with E-state index in [-0.39, 0.29) is 11.8 Å². The average Bonchev–Trinajstić information content (AvgIpc) is 2.97. The average molecular weight is 277 g/mol. The molecule has 1 aromatic rings. The fourth-order valence-corrected chi connectivity index (χ4v) is 3.60. The number of fused-ring (bicyclic) bond motifs is 1. The number of likely N-dealkylation sites (tertiary alicyclic amines) is 1. The molecule has 2 fully saturated rings. The maximum Gasteiger partial charge on any atom is 0.224 e. The highest BCUT2D eigenvalue weighted by atomic mass is 16.3. The van der Waals surface area contributed by atoms with Crippen molar-refractivity contribution >= 4 is 5.91 Å². The van der Waals surface area contributed by atoms with Crippen LogP contribution in [0.5, 0.6) is 0 Å². The van der Waals surface area contributed by atoms with E-state index in [2.05, 4.69) is 4.98 Å². The van der Waals surface area contributed by atoms with Gasteiger partial charge in [0.15, 0.2) is 0 Å². The van der Waals surface area contributed by atoms with Crippen LogP contribution >= 0.6 is 0 Å². The molecule has 3 rings (SSSR count). The van der Waals surface area contributed by atoms with Crippen LogP contribution in [0.1, 0.15) is 38.5 Å². The zero-order valence-corrected chi connectivity index (χ0v) is 11.9. The van der Waals surface area contributed by atoms with E-state index < -0.39 is 5.60 Å². The summed E-state index contributed by atoms with van der Waals surface area (Å²) in [6.45, 7) is 2.12. The van der Waals surface area contributed by atoms with Crippen LogP contribution in [0, 0.1) is 5.92 Å². The molecule has 0 radical (unpaired) electrons. The molecule has 2 atom stereocenters. The van der Waals surface area contributed by atoms with Crippen LogP contribution in [0.4, 0.5) is 0 Å². The first-order valence-electron chi connectivity index (χ1n) is 7.63. The third kappa shape index (κ3) is 2.73. The number of hydrogen-bond donors (Lipinski definition) is 1. The minimum absolute atomic E-state index is 0.200. The summed E-state index contributed by atoms with van der Waals surface area (Å²) in [5.74, 6) is 0.480. The molecule has 2 heterocycles. The number of nitrogens with zero attached hydrogens (tertiary/aromatic N) is 3. The number of piperidine rings is 1.